The number of hydrogen-bond donors (Lipinski definition) is 1. The lowest BCUT2D eigenvalue weighted by atomic mass is 10.1. The lowest BCUT2D eigenvalue weighted by molar-refractivity contribution is -0.870. The zero-order valence-electron chi connectivity index (χ0n) is 36.1. The van der Waals surface area contributed by atoms with Crippen LogP contribution in [-0.4, -0.2) is 74.9 Å². The van der Waals surface area contributed by atoms with Gasteiger partial charge in [-0.1, -0.05) is 138 Å². The second kappa shape index (κ2) is 38.0. The number of carbonyl (C=O) groups is 2. The van der Waals surface area contributed by atoms with Crippen LogP contribution in [0.15, 0.2) is 72.9 Å². The minimum atomic E-state index is -4.40. The van der Waals surface area contributed by atoms with Crippen LogP contribution in [0.1, 0.15) is 155 Å². The van der Waals surface area contributed by atoms with Crippen molar-refractivity contribution < 1.29 is 42.1 Å². The Kier molecular flexibility index (Phi) is 36.3. The minimum Gasteiger partial charge on any atom is -0.462 e. The van der Waals surface area contributed by atoms with Crippen molar-refractivity contribution in [3.63, 3.8) is 0 Å². The van der Waals surface area contributed by atoms with Gasteiger partial charge in [0.25, 0.3) is 0 Å². The molecule has 0 amide bonds. The molecule has 0 aliphatic rings. The van der Waals surface area contributed by atoms with Crippen LogP contribution in [0.25, 0.3) is 0 Å². The molecule has 0 aromatic heterocycles. The van der Waals surface area contributed by atoms with Crippen molar-refractivity contribution in [3.8, 4) is 0 Å². The van der Waals surface area contributed by atoms with Crippen LogP contribution in [0.4, 0.5) is 0 Å². The molecule has 1 N–H and O–H groups in total. The van der Waals surface area contributed by atoms with Crippen molar-refractivity contribution in [2.24, 2.45) is 0 Å². The van der Waals surface area contributed by atoms with Crippen LogP contribution >= 0.6 is 7.82 Å². The normalized spacial score (nSPS) is 14.3. The van der Waals surface area contributed by atoms with Crippen molar-refractivity contribution >= 4 is 19.8 Å². The molecule has 0 heterocycles. The summed E-state index contributed by atoms with van der Waals surface area (Å²) in [6.07, 6.45) is 46.8. The van der Waals surface area contributed by atoms with Crippen molar-refractivity contribution in [2.75, 3.05) is 47.5 Å². The molecule has 0 fully saturated rings. The van der Waals surface area contributed by atoms with Crippen LogP contribution in [0.5, 0.6) is 0 Å². The summed E-state index contributed by atoms with van der Waals surface area (Å²) in [5.74, 6) is -0.920. The van der Waals surface area contributed by atoms with Gasteiger partial charge in [0, 0.05) is 12.8 Å². The quantitative estimate of drug-likeness (QED) is 0.0216. The molecule has 9 nitrogen and oxygen atoms in total. The fourth-order valence-corrected chi connectivity index (χ4v) is 6.02. The number of ether oxygens (including phenoxy) is 2. The molecule has 0 aromatic carbocycles. The first kappa shape index (κ1) is 53.5. The van der Waals surface area contributed by atoms with Gasteiger partial charge in [-0.2, -0.15) is 0 Å². The summed E-state index contributed by atoms with van der Waals surface area (Å²) >= 11 is 0. The number of unbranched alkanes of at least 4 members (excludes halogenated alkanes) is 12. The molecule has 56 heavy (non-hydrogen) atoms. The molecule has 0 radical (unpaired) electrons. The number of phosphoric ester groups is 1. The van der Waals surface area contributed by atoms with Gasteiger partial charge in [0.1, 0.15) is 19.8 Å². The fourth-order valence-electron chi connectivity index (χ4n) is 5.28. The summed E-state index contributed by atoms with van der Waals surface area (Å²) in [5.41, 5.74) is 0. The van der Waals surface area contributed by atoms with Crippen LogP contribution in [0.3, 0.4) is 0 Å². The number of hydrogen-bond acceptors (Lipinski definition) is 7. The Labute approximate surface area is 342 Å². The number of esters is 2. The van der Waals surface area contributed by atoms with Gasteiger partial charge in [0.2, 0.25) is 0 Å². The van der Waals surface area contributed by atoms with Gasteiger partial charge in [-0.15, -0.1) is 0 Å². The van der Waals surface area contributed by atoms with E-state index in [1.807, 2.05) is 33.3 Å². The number of phosphoric acid groups is 1. The second-order valence-electron chi connectivity index (χ2n) is 15.4. The highest BCUT2D eigenvalue weighted by molar-refractivity contribution is 7.47. The highest BCUT2D eigenvalue weighted by Crippen LogP contribution is 2.43. The van der Waals surface area contributed by atoms with E-state index in [-0.39, 0.29) is 26.1 Å². The van der Waals surface area contributed by atoms with Gasteiger partial charge in [0.15, 0.2) is 6.10 Å². The van der Waals surface area contributed by atoms with E-state index in [1.165, 1.54) is 64.2 Å². The van der Waals surface area contributed by atoms with Crippen LogP contribution in [-0.2, 0) is 32.7 Å². The monoisotopic (exact) mass is 807 g/mol. The summed E-state index contributed by atoms with van der Waals surface area (Å²) < 4.78 is 34.1. The maximum atomic E-state index is 12.6. The van der Waals surface area contributed by atoms with E-state index in [1.54, 1.807) is 0 Å². The van der Waals surface area contributed by atoms with Crippen LogP contribution in [0.2, 0.25) is 0 Å². The topological polar surface area (TPSA) is 108 Å². The maximum Gasteiger partial charge on any atom is 0.472 e. The van der Waals surface area contributed by atoms with Crippen LogP contribution in [0, 0.1) is 0 Å². The summed E-state index contributed by atoms with van der Waals surface area (Å²) in [5, 5.41) is 0. The van der Waals surface area contributed by atoms with Gasteiger partial charge in [-0.25, -0.2) is 4.57 Å². The van der Waals surface area contributed by atoms with Gasteiger partial charge in [-0.05, 0) is 77.0 Å². The van der Waals surface area contributed by atoms with Crippen molar-refractivity contribution in [3.05, 3.63) is 72.9 Å². The maximum absolute atomic E-state index is 12.6. The van der Waals surface area contributed by atoms with Gasteiger partial charge in [0.05, 0.1) is 27.7 Å². The largest absolute Gasteiger partial charge is 0.472 e. The van der Waals surface area contributed by atoms with E-state index >= 15 is 0 Å². The number of carbonyl (C=O) groups excluding carboxylic acids is 2. The smallest absolute Gasteiger partial charge is 0.462 e. The Morgan fingerprint density at radius 2 is 1.00 bits per heavy atom. The molecule has 0 aromatic rings. The number of likely N-dealkylation sites (N-methyl/N-ethyl adjacent to an activating group) is 1. The average Bonchev–Trinajstić information content (AvgIpc) is 3.15. The number of quaternary nitrogens is 1. The molecule has 0 spiro atoms. The summed E-state index contributed by atoms with van der Waals surface area (Å²) in [6.45, 7) is 4.26. The third-order valence-electron chi connectivity index (χ3n) is 8.72. The second-order valence-corrected chi connectivity index (χ2v) is 16.8. The highest BCUT2D eigenvalue weighted by atomic mass is 31.2. The van der Waals surface area contributed by atoms with Crippen molar-refractivity contribution in [1.82, 2.24) is 0 Å². The van der Waals surface area contributed by atoms with Crippen molar-refractivity contribution in [1.29, 1.82) is 0 Å². The Morgan fingerprint density at radius 1 is 0.554 bits per heavy atom. The first-order valence-corrected chi connectivity index (χ1v) is 23.2. The van der Waals surface area contributed by atoms with Crippen LogP contribution < -0.4 is 0 Å². The zero-order valence-corrected chi connectivity index (χ0v) is 37.0. The summed E-state index contributed by atoms with van der Waals surface area (Å²) in [7, 11) is 1.41. The number of rotatable bonds is 38. The molecular formula is C46H81NO8P+. The average molecular weight is 807 g/mol. The molecule has 10 heteroatoms. The number of nitrogens with zero attached hydrogens (tertiary/aromatic N) is 1. The molecule has 0 bridgehead atoms. The van der Waals surface area contributed by atoms with E-state index in [0.717, 1.165) is 51.4 Å². The molecule has 2 atom stereocenters. The number of allylic oxidation sites excluding steroid dienone is 12. The molecule has 0 saturated heterocycles. The molecule has 0 saturated carbocycles. The summed E-state index contributed by atoms with van der Waals surface area (Å²) in [6, 6.07) is 0. The van der Waals surface area contributed by atoms with Gasteiger partial charge in [-0.3, -0.25) is 18.6 Å². The van der Waals surface area contributed by atoms with E-state index in [9.17, 15) is 19.0 Å². The Bertz CT molecular complexity index is 1180. The lowest BCUT2D eigenvalue weighted by Crippen LogP contribution is -2.37. The summed E-state index contributed by atoms with van der Waals surface area (Å²) in [4.78, 5) is 35.3. The standard InChI is InChI=1S/C46H80NO8P/c1-6-8-10-12-14-16-18-20-21-22-23-24-25-27-29-31-33-35-37-39-46(49)55-44(43-54-56(50,51)53-41-40-47(3,4)5)42-52-45(48)38-36-34-32-30-28-26-19-17-15-13-11-9-7-2/h14,16,20-21,23-24,26-29,33,35,44H,6-13,15,17-19,22,25,30-32,34,36-43H2,1-5H3/p+1/b16-14+,21-20+,24-23+,28-26+,29-27+,35-33+/t44-/m1/s1. The van der Waals surface area contributed by atoms with E-state index in [0.29, 0.717) is 23.9 Å². The predicted molar refractivity (Wildman–Crippen MR) is 233 cm³/mol. The molecule has 322 valence electrons. The highest BCUT2D eigenvalue weighted by Gasteiger charge is 2.27. The predicted octanol–water partition coefficient (Wildman–Crippen LogP) is 12.2. The molecular weight excluding hydrogens is 725 g/mol. The molecule has 1 unspecified atom stereocenters. The molecule has 0 aliphatic carbocycles. The Morgan fingerprint density at radius 3 is 1.55 bits per heavy atom. The SMILES string of the molecule is CCCCC/C=C/C/C=C/C/C=C/C/C=C/C/C=C/CCC(=O)O[C@H](COC(=O)CCCCC/C=C/CCCCCCCC)COP(=O)(O)OCC[N+](C)(C)C. The fraction of sp³-hybridized carbons (Fsp3) is 0.696. The molecule has 0 aliphatic heterocycles. The zero-order chi connectivity index (χ0) is 41.4. The minimum absolute atomic E-state index is 0.0129. The third-order valence-corrected chi connectivity index (χ3v) is 9.71. The van der Waals surface area contributed by atoms with E-state index < -0.39 is 32.5 Å². The van der Waals surface area contributed by atoms with Crippen molar-refractivity contribution in [2.45, 2.75) is 161 Å². The van der Waals surface area contributed by atoms with Gasteiger partial charge >= 0.3 is 19.8 Å². The first-order valence-electron chi connectivity index (χ1n) is 21.7. The lowest BCUT2D eigenvalue weighted by Gasteiger charge is -2.24. The Balaban J connectivity index is 4.54. The van der Waals surface area contributed by atoms with Gasteiger partial charge < -0.3 is 18.9 Å². The van der Waals surface area contributed by atoms with E-state index in [2.05, 4.69) is 74.6 Å². The third kappa shape index (κ3) is 41.1. The first-order chi connectivity index (χ1) is 27.0. The Hall–Kier alpha value is -2.55. The molecule has 0 rings (SSSR count). The van der Waals surface area contributed by atoms with E-state index in [4.69, 9.17) is 18.5 Å².